The molecular weight excluding hydrogens is 290 g/mol. The van der Waals surface area contributed by atoms with Crippen molar-refractivity contribution in [2.75, 3.05) is 0 Å². The molecule has 0 aliphatic rings. The molecule has 23 heavy (non-hydrogen) atoms. The Morgan fingerprint density at radius 2 is 1.96 bits per heavy atom. The predicted molar refractivity (Wildman–Crippen MR) is 92.5 cm³/mol. The second kappa shape index (κ2) is 5.80. The molecule has 116 valence electrons. The number of guanidine groups is 2. The largest absolute Gasteiger partial charge is 0.370 e. The van der Waals surface area contributed by atoms with Gasteiger partial charge in [0.05, 0.1) is 11.4 Å². The number of aromatic nitrogens is 2. The third-order valence-electron chi connectivity index (χ3n) is 3.35. The lowest BCUT2D eigenvalue weighted by Crippen LogP contribution is -2.26. The van der Waals surface area contributed by atoms with Gasteiger partial charge < -0.3 is 21.6 Å². The fourth-order valence-electron chi connectivity index (χ4n) is 2.24. The second-order valence-electron chi connectivity index (χ2n) is 5.10. The van der Waals surface area contributed by atoms with Gasteiger partial charge in [-0.2, -0.15) is 4.99 Å². The number of rotatable bonds is 2. The Kier molecular flexibility index (Phi) is 3.68. The summed E-state index contributed by atoms with van der Waals surface area (Å²) in [5.41, 5.74) is 20.7. The zero-order valence-electron chi connectivity index (χ0n) is 12.6. The Morgan fingerprint density at radius 1 is 1.13 bits per heavy atom. The van der Waals surface area contributed by atoms with E-state index in [0.29, 0.717) is 5.69 Å². The van der Waals surface area contributed by atoms with E-state index in [-0.39, 0.29) is 11.9 Å². The molecular formula is C16H17N7. The van der Waals surface area contributed by atoms with Crippen molar-refractivity contribution in [3.63, 3.8) is 0 Å². The lowest BCUT2D eigenvalue weighted by Gasteiger charge is -2.04. The number of benzene rings is 1. The van der Waals surface area contributed by atoms with Crippen LogP contribution in [0.1, 0.15) is 5.56 Å². The van der Waals surface area contributed by atoms with E-state index in [2.05, 4.69) is 15.0 Å². The molecule has 2 heterocycles. The normalized spacial score (nSPS) is 11.6. The summed E-state index contributed by atoms with van der Waals surface area (Å²) in [5.74, 6) is -0.111. The number of imidazole rings is 1. The molecule has 0 spiro atoms. The molecule has 0 amide bonds. The maximum Gasteiger partial charge on any atom is 0.223 e. The summed E-state index contributed by atoms with van der Waals surface area (Å²) >= 11 is 0. The van der Waals surface area contributed by atoms with Crippen molar-refractivity contribution < 1.29 is 0 Å². The number of fused-ring (bicyclic) bond motifs is 1. The molecule has 0 unspecified atom stereocenters. The molecule has 6 N–H and O–H groups in total. The van der Waals surface area contributed by atoms with Gasteiger partial charge in [-0.05, 0) is 30.7 Å². The molecule has 1 aromatic carbocycles. The first-order valence-corrected chi connectivity index (χ1v) is 7.01. The number of aliphatic imine (C=N–C) groups is 2. The highest BCUT2D eigenvalue weighted by Crippen LogP contribution is 2.27. The van der Waals surface area contributed by atoms with Crippen molar-refractivity contribution in [2.45, 2.75) is 6.92 Å². The molecule has 3 aromatic rings. The average molecular weight is 307 g/mol. The number of nitrogens with two attached hydrogens (primary N) is 3. The van der Waals surface area contributed by atoms with E-state index < -0.39 is 0 Å². The van der Waals surface area contributed by atoms with Crippen LogP contribution in [0.25, 0.3) is 16.9 Å². The highest BCUT2D eigenvalue weighted by molar-refractivity contribution is 5.93. The van der Waals surface area contributed by atoms with Crippen LogP contribution < -0.4 is 17.2 Å². The van der Waals surface area contributed by atoms with E-state index in [0.717, 1.165) is 22.5 Å². The molecule has 0 saturated carbocycles. The highest BCUT2D eigenvalue weighted by atomic mass is 15.1. The van der Waals surface area contributed by atoms with Crippen LogP contribution in [0.3, 0.4) is 0 Å². The summed E-state index contributed by atoms with van der Waals surface area (Å²) in [6.45, 7) is 1.94. The number of nitrogens with zero attached hydrogens (tertiary/aromatic N) is 4. The molecule has 7 heteroatoms. The molecule has 0 fully saturated rings. The van der Waals surface area contributed by atoms with Crippen LogP contribution in [0.5, 0.6) is 0 Å². The first kappa shape index (κ1) is 14.6. The average Bonchev–Trinajstić information content (AvgIpc) is 2.92. The van der Waals surface area contributed by atoms with Gasteiger partial charge in [-0.3, -0.25) is 0 Å². The van der Waals surface area contributed by atoms with E-state index in [1.807, 2.05) is 60.1 Å². The fourth-order valence-corrected chi connectivity index (χ4v) is 2.24. The zero-order valence-corrected chi connectivity index (χ0v) is 12.6. The molecule has 7 nitrogen and oxygen atoms in total. The van der Waals surface area contributed by atoms with E-state index in [1.165, 1.54) is 0 Å². The topological polar surface area (TPSA) is 120 Å². The van der Waals surface area contributed by atoms with Gasteiger partial charge in [-0.1, -0.05) is 18.2 Å². The Morgan fingerprint density at radius 3 is 2.70 bits per heavy atom. The zero-order chi connectivity index (χ0) is 16.4. The van der Waals surface area contributed by atoms with Gasteiger partial charge >= 0.3 is 0 Å². The summed E-state index contributed by atoms with van der Waals surface area (Å²) in [5, 5.41) is 0. The van der Waals surface area contributed by atoms with Crippen LogP contribution in [0.15, 0.2) is 58.8 Å². The second-order valence-corrected chi connectivity index (χ2v) is 5.10. The number of hydrogen-bond acceptors (Lipinski definition) is 2. The van der Waals surface area contributed by atoms with Crippen molar-refractivity contribution in [1.82, 2.24) is 9.38 Å². The van der Waals surface area contributed by atoms with Gasteiger partial charge in [0.2, 0.25) is 5.96 Å². The van der Waals surface area contributed by atoms with E-state index >= 15 is 0 Å². The lowest BCUT2D eigenvalue weighted by atomic mass is 10.1. The molecule has 0 saturated heterocycles. The molecule has 0 atom stereocenters. The molecule has 3 rings (SSSR count). The van der Waals surface area contributed by atoms with Gasteiger partial charge in [0.15, 0.2) is 5.96 Å². The number of aryl methyl sites for hydroxylation is 1. The summed E-state index contributed by atoms with van der Waals surface area (Å²) in [6.07, 6.45) is 3.92. The first-order valence-electron chi connectivity index (χ1n) is 7.01. The van der Waals surface area contributed by atoms with E-state index in [1.54, 1.807) is 0 Å². The van der Waals surface area contributed by atoms with E-state index in [9.17, 15) is 0 Å². The Hall–Kier alpha value is -3.35. The SMILES string of the molecule is Cc1ccc(-c2cn3ccccc3n2)cc1N=C(N)N=C(N)N. The van der Waals surface area contributed by atoms with Gasteiger partial charge in [0, 0.05) is 18.0 Å². The Balaban J connectivity index is 2.04. The summed E-state index contributed by atoms with van der Waals surface area (Å²) in [4.78, 5) is 12.6. The quantitative estimate of drug-likeness (QED) is 0.491. The first-order chi connectivity index (χ1) is 11.0. The van der Waals surface area contributed by atoms with Gasteiger partial charge in [-0.15, -0.1) is 0 Å². The van der Waals surface area contributed by atoms with Gasteiger partial charge in [0.1, 0.15) is 5.65 Å². The Labute approximate surface area is 133 Å². The van der Waals surface area contributed by atoms with Crippen molar-refractivity contribution >= 4 is 23.3 Å². The van der Waals surface area contributed by atoms with Crippen LogP contribution in [0.2, 0.25) is 0 Å². The smallest absolute Gasteiger partial charge is 0.223 e. The Bertz CT molecular complexity index is 884. The van der Waals surface area contributed by atoms with Crippen molar-refractivity contribution in [2.24, 2.45) is 27.2 Å². The van der Waals surface area contributed by atoms with Crippen LogP contribution in [0.4, 0.5) is 5.69 Å². The highest BCUT2D eigenvalue weighted by Gasteiger charge is 2.07. The van der Waals surface area contributed by atoms with Gasteiger partial charge in [0.25, 0.3) is 0 Å². The minimum Gasteiger partial charge on any atom is -0.370 e. The molecule has 0 aliphatic carbocycles. The minimum absolute atomic E-state index is 0.0141. The minimum atomic E-state index is -0.125. The molecule has 0 radical (unpaired) electrons. The van der Waals surface area contributed by atoms with E-state index in [4.69, 9.17) is 17.2 Å². The van der Waals surface area contributed by atoms with Crippen LogP contribution in [-0.4, -0.2) is 21.3 Å². The summed E-state index contributed by atoms with van der Waals surface area (Å²) < 4.78 is 1.96. The maximum atomic E-state index is 5.71. The predicted octanol–water partition coefficient (Wildman–Crippen LogP) is 1.53. The number of hydrogen-bond donors (Lipinski definition) is 3. The van der Waals surface area contributed by atoms with Crippen LogP contribution in [0, 0.1) is 6.92 Å². The van der Waals surface area contributed by atoms with Crippen molar-refractivity contribution in [3.8, 4) is 11.3 Å². The van der Waals surface area contributed by atoms with Gasteiger partial charge in [-0.25, -0.2) is 9.98 Å². The summed E-state index contributed by atoms with van der Waals surface area (Å²) in [7, 11) is 0. The lowest BCUT2D eigenvalue weighted by molar-refractivity contribution is 1.19. The summed E-state index contributed by atoms with van der Waals surface area (Å²) in [6, 6.07) is 11.7. The molecule has 0 bridgehead atoms. The van der Waals surface area contributed by atoms with Crippen molar-refractivity contribution in [1.29, 1.82) is 0 Å². The maximum absolute atomic E-state index is 5.71. The monoisotopic (exact) mass is 307 g/mol. The third kappa shape index (κ3) is 3.13. The van der Waals surface area contributed by atoms with Crippen molar-refractivity contribution in [3.05, 3.63) is 54.4 Å². The third-order valence-corrected chi connectivity index (χ3v) is 3.35. The number of pyridine rings is 1. The molecule has 0 aliphatic heterocycles. The standard InChI is InChI=1S/C16H17N7/c1-10-5-6-11(8-12(10)21-16(19)22-15(17)18)13-9-23-7-3-2-4-14(23)20-13/h2-9H,1H3,(H6,17,18,19,21,22). The van der Waals surface area contributed by atoms with Crippen LogP contribution >= 0.6 is 0 Å². The molecule has 2 aromatic heterocycles. The fraction of sp³-hybridized carbons (Fsp3) is 0.0625. The van der Waals surface area contributed by atoms with Crippen LogP contribution in [-0.2, 0) is 0 Å².